The van der Waals surface area contributed by atoms with Crippen molar-refractivity contribution in [2.24, 2.45) is 0 Å². The molecule has 0 bridgehead atoms. The quantitative estimate of drug-likeness (QED) is 0.688. The highest BCUT2D eigenvalue weighted by atomic mass is 32.2. The van der Waals surface area contributed by atoms with E-state index < -0.39 is 15.8 Å². The summed E-state index contributed by atoms with van der Waals surface area (Å²) in [7, 11) is 1.03. The molecule has 0 aliphatic carbocycles. The second kappa shape index (κ2) is 8.64. The van der Waals surface area contributed by atoms with Crippen LogP contribution in [0.1, 0.15) is 16.8 Å². The van der Waals surface area contributed by atoms with Gasteiger partial charge in [-0.1, -0.05) is 6.07 Å². The van der Waals surface area contributed by atoms with Gasteiger partial charge in [0, 0.05) is 25.7 Å². The van der Waals surface area contributed by atoms with Crippen molar-refractivity contribution in [2.75, 3.05) is 51.8 Å². The number of sulfone groups is 1. The van der Waals surface area contributed by atoms with E-state index >= 15 is 0 Å². The summed E-state index contributed by atoms with van der Waals surface area (Å²) in [5.41, 5.74) is 0.184. The van der Waals surface area contributed by atoms with Crippen molar-refractivity contribution < 1.29 is 23.1 Å². The first-order chi connectivity index (χ1) is 11.8. The Morgan fingerprint density at radius 1 is 1.28 bits per heavy atom. The molecular formula is C17H26N2O5S. The van der Waals surface area contributed by atoms with Crippen LogP contribution in [0.5, 0.6) is 5.75 Å². The van der Waals surface area contributed by atoms with Crippen LogP contribution in [-0.2, 0) is 9.84 Å². The van der Waals surface area contributed by atoms with Crippen LogP contribution in [0.3, 0.4) is 0 Å². The Hall–Kier alpha value is -1.64. The van der Waals surface area contributed by atoms with Gasteiger partial charge in [0.2, 0.25) is 0 Å². The lowest BCUT2D eigenvalue weighted by atomic mass is 10.2. The van der Waals surface area contributed by atoms with Crippen LogP contribution in [0.2, 0.25) is 0 Å². The zero-order valence-corrected chi connectivity index (χ0v) is 15.5. The molecule has 1 fully saturated rings. The predicted octanol–water partition coefficient (Wildman–Crippen LogP) is 0.814. The van der Waals surface area contributed by atoms with E-state index in [1.54, 1.807) is 12.1 Å². The van der Waals surface area contributed by atoms with Gasteiger partial charge < -0.3 is 14.7 Å². The van der Waals surface area contributed by atoms with E-state index in [4.69, 9.17) is 9.84 Å². The van der Waals surface area contributed by atoms with Crippen molar-refractivity contribution in [2.45, 2.75) is 12.5 Å². The lowest BCUT2D eigenvalue weighted by molar-refractivity contribution is 0.0696. The van der Waals surface area contributed by atoms with Gasteiger partial charge in [0.1, 0.15) is 12.4 Å². The van der Waals surface area contributed by atoms with Crippen LogP contribution in [0.25, 0.3) is 0 Å². The SMILES string of the molecule is CN(C)CCN(CCOc1cccc(C(=O)O)c1)C1CCS(=O)(=O)C1. The van der Waals surface area contributed by atoms with Crippen LogP contribution in [0, 0.1) is 0 Å². The van der Waals surface area contributed by atoms with E-state index in [2.05, 4.69) is 9.80 Å². The fourth-order valence-electron chi connectivity index (χ4n) is 2.87. The molecule has 1 aromatic rings. The van der Waals surface area contributed by atoms with Gasteiger partial charge in [-0.3, -0.25) is 4.90 Å². The van der Waals surface area contributed by atoms with E-state index in [0.29, 0.717) is 25.3 Å². The number of ether oxygens (including phenoxy) is 1. The number of carbonyl (C=O) groups is 1. The lowest BCUT2D eigenvalue weighted by Crippen LogP contribution is -2.42. The summed E-state index contributed by atoms with van der Waals surface area (Å²) in [5.74, 6) is -0.0345. The number of benzene rings is 1. The highest BCUT2D eigenvalue weighted by molar-refractivity contribution is 7.91. The van der Waals surface area contributed by atoms with Crippen LogP contribution >= 0.6 is 0 Å². The molecule has 1 unspecified atom stereocenters. The second-order valence-corrected chi connectivity index (χ2v) is 8.81. The Morgan fingerprint density at radius 3 is 2.64 bits per heavy atom. The van der Waals surface area contributed by atoms with Gasteiger partial charge >= 0.3 is 5.97 Å². The topological polar surface area (TPSA) is 87.2 Å². The van der Waals surface area contributed by atoms with Gasteiger partial charge in [-0.05, 0) is 38.7 Å². The summed E-state index contributed by atoms with van der Waals surface area (Å²) in [6.07, 6.45) is 0.657. The summed E-state index contributed by atoms with van der Waals surface area (Å²) in [5, 5.41) is 9.01. The summed E-state index contributed by atoms with van der Waals surface area (Å²) in [4.78, 5) is 15.2. The van der Waals surface area contributed by atoms with Crippen molar-refractivity contribution in [1.82, 2.24) is 9.80 Å². The molecule has 1 aliphatic rings. The molecule has 0 aromatic heterocycles. The van der Waals surface area contributed by atoms with E-state index in [0.717, 1.165) is 13.1 Å². The van der Waals surface area contributed by atoms with Crippen molar-refractivity contribution in [1.29, 1.82) is 0 Å². The van der Waals surface area contributed by atoms with Crippen LogP contribution in [0.4, 0.5) is 0 Å². The standard InChI is InChI=1S/C17H26N2O5S/c1-18(2)7-8-19(15-6-11-25(22,23)13-15)9-10-24-16-5-3-4-14(12-16)17(20)21/h3-5,12,15H,6-11,13H2,1-2H3,(H,20,21). The summed E-state index contributed by atoms with van der Waals surface area (Å²) >= 11 is 0. The molecule has 2 rings (SSSR count). The molecule has 1 heterocycles. The number of hydrogen-bond donors (Lipinski definition) is 1. The summed E-state index contributed by atoms with van der Waals surface area (Å²) in [6, 6.07) is 6.40. The van der Waals surface area contributed by atoms with E-state index in [1.165, 1.54) is 12.1 Å². The molecular weight excluding hydrogens is 344 g/mol. The fourth-order valence-corrected chi connectivity index (χ4v) is 4.63. The number of nitrogens with zero attached hydrogens (tertiary/aromatic N) is 2. The Morgan fingerprint density at radius 2 is 2.04 bits per heavy atom. The van der Waals surface area contributed by atoms with Crippen molar-refractivity contribution >= 4 is 15.8 Å². The third kappa shape index (κ3) is 6.30. The average molecular weight is 370 g/mol. The van der Waals surface area contributed by atoms with Gasteiger partial charge in [0.15, 0.2) is 9.84 Å². The van der Waals surface area contributed by atoms with Gasteiger partial charge in [-0.25, -0.2) is 13.2 Å². The Labute approximate surface area is 149 Å². The number of carboxylic acids is 1. The molecule has 7 nitrogen and oxygen atoms in total. The molecule has 1 N–H and O–H groups in total. The molecule has 1 aromatic carbocycles. The van der Waals surface area contributed by atoms with Crippen molar-refractivity contribution in [3.8, 4) is 5.75 Å². The van der Waals surface area contributed by atoms with E-state index in [9.17, 15) is 13.2 Å². The largest absolute Gasteiger partial charge is 0.492 e. The molecule has 25 heavy (non-hydrogen) atoms. The van der Waals surface area contributed by atoms with Crippen LogP contribution < -0.4 is 4.74 Å². The number of carboxylic acid groups (broad SMARTS) is 1. The third-order valence-electron chi connectivity index (χ3n) is 4.29. The van der Waals surface area contributed by atoms with E-state index in [1.807, 2.05) is 14.1 Å². The molecule has 1 saturated heterocycles. The maximum atomic E-state index is 11.8. The highest BCUT2D eigenvalue weighted by Gasteiger charge is 2.32. The molecule has 0 amide bonds. The van der Waals surface area contributed by atoms with Crippen LogP contribution in [-0.4, -0.2) is 87.2 Å². The van der Waals surface area contributed by atoms with Crippen molar-refractivity contribution in [3.63, 3.8) is 0 Å². The Kier molecular flexibility index (Phi) is 6.80. The molecule has 140 valence electrons. The molecule has 0 saturated carbocycles. The predicted molar refractivity (Wildman–Crippen MR) is 96.1 cm³/mol. The second-order valence-electron chi connectivity index (χ2n) is 6.58. The van der Waals surface area contributed by atoms with E-state index in [-0.39, 0.29) is 23.1 Å². The number of aromatic carboxylic acids is 1. The summed E-state index contributed by atoms with van der Waals surface area (Å²) in [6.45, 7) is 2.59. The summed E-state index contributed by atoms with van der Waals surface area (Å²) < 4.78 is 29.2. The van der Waals surface area contributed by atoms with Gasteiger partial charge in [-0.15, -0.1) is 0 Å². The first kappa shape index (κ1) is 19.7. The van der Waals surface area contributed by atoms with Crippen molar-refractivity contribution in [3.05, 3.63) is 29.8 Å². The maximum Gasteiger partial charge on any atom is 0.335 e. The van der Waals surface area contributed by atoms with Gasteiger partial charge in [0.25, 0.3) is 0 Å². The molecule has 0 spiro atoms. The monoisotopic (exact) mass is 370 g/mol. The number of rotatable bonds is 9. The molecule has 1 aliphatic heterocycles. The lowest BCUT2D eigenvalue weighted by Gasteiger charge is -2.29. The zero-order valence-electron chi connectivity index (χ0n) is 14.7. The smallest absolute Gasteiger partial charge is 0.335 e. The Balaban J connectivity index is 1.92. The first-order valence-electron chi connectivity index (χ1n) is 8.32. The maximum absolute atomic E-state index is 11.8. The van der Waals surface area contributed by atoms with Crippen LogP contribution in [0.15, 0.2) is 24.3 Å². The molecule has 0 radical (unpaired) electrons. The minimum absolute atomic E-state index is 0.0268. The van der Waals surface area contributed by atoms with Gasteiger partial charge in [0.05, 0.1) is 17.1 Å². The average Bonchev–Trinajstić information content (AvgIpc) is 2.90. The third-order valence-corrected chi connectivity index (χ3v) is 6.04. The van der Waals surface area contributed by atoms with Gasteiger partial charge in [-0.2, -0.15) is 0 Å². The number of likely N-dealkylation sites (N-methyl/N-ethyl adjacent to an activating group) is 1. The first-order valence-corrected chi connectivity index (χ1v) is 10.1. The molecule has 1 atom stereocenters. The molecule has 8 heteroatoms. The normalized spacial score (nSPS) is 19.4. The number of hydrogen-bond acceptors (Lipinski definition) is 6. The minimum atomic E-state index is -2.93. The highest BCUT2D eigenvalue weighted by Crippen LogP contribution is 2.18. The zero-order chi connectivity index (χ0) is 18.4. The Bertz CT molecular complexity index is 690. The fraction of sp³-hybridized carbons (Fsp3) is 0.588. The minimum Gasteiger partial charge on any atom is -0.492 e.